The van der Waals surface area contributed by atoms with E-state index in [1.165, 1.54) is 4.90 Å². The van der Waals surface area contributed by atoms with Gasteiger partial charge in [0.2, 0.25) is 0 Å². The SMILES string of the molecule is Cc1ccc2c(c1)N(C)C(=O)c1cc(NC(=O)Nc3ccc(Cl)c(Cl)c3)ccc1O2. The molecule has 6 nitrogen and oxygen atoms in total. The van der Waals surface area contributed by atoms with Crippen LogP contribution >= 0.6 is 23.2 Å². The number of halogens is 2. The maximum atomic E-state index is 13.0. The van der Waals surface area contributed by atoms with Gasteiger partial charge in [0.15, 0.2) is 5.75 Å². The van der Waals surface area contributed by atoms with Crippen LogP contribution in [0.3, 0.4) is 0 Å². The van der Waals surface area contributed by atoms with E-state index >= 15 is 0 Å². The van der Waals surface area contributed by atoms with Gasteiger partial charge in [0.05, 0.1) is 21.3 Å². The van der Waals surface area contributed by atoms with E-state index in [1.807, 2.05) is 25.1 Å². The number of carbonyl (C=O) groups excluding carboxylic acids is 2. The molecule has 0 spiro atoms. The number of benzene rings is 3. The molecule has 3 aromatic rings. The highest BCUT2D eigenvalue weighted by molar-refractivity contribution is 6.42. The third-order valence-electron chi connectivity index (χ3n) is 4.65. The number of aryl methyl sites for hydroxylation is 1. The molecule has 0 saturated heterocycles. The molecule has 0 bridgehead atoms. The number of nitrogens with one attached hydrogen (secondary N) is 2. The fourth-order valence-electron chi connectivity index (χ4n) is 3.12. The highest BCUT2D eigenvalue weighted by Gasteiger charge is 2.26. The van der Waals surface area contributed by atoms with Crippen LogP contribution in [0.5, 0.6) is 11.5 Å². The molecule has 0 aromatic heterocycles. The van der Waals surface area contributed by atoms with Crippen molar-refractivity contribution in [3.63, 3.8) is 0 Å². The van der Waals surface area contributed by atoms with Crippen molar-refractivity contribution in [3.05, 3.63) is 75.8 Å². The Morgan fingerprint density at radius 3 is 2.30 bits per heavy atom. The van der Waals surface area contributed by atoms with Gasteiger partial charge in [-0.3, -0.25) is 4.79 Å². The largest absolute Gasteiger partial charge is 0.454 e. The number of urea groups is 1. The second-order valence-electron chi connectivity index (χ2n) is 6.86. The summed E-state index contributed by atoms with van der Waals surface area (Å²) >= 11 is 11.9. The first kappa shape index (κ1) is 20.1. The summed E-state index contributed by atoms with van der Waals surface area (Å²) < 4.78 is 5.96. The molecule has 0 saturated carbocycles. The fraction of sp³-hybridized carbons (Fsp3) is 0.0909. The van der Waals surface area contributed by atoms with Crippen LogP contribution in [0.2, 0.25) is 10.0 Å². The van der Waals surface area contributed by atoms with Crippen LogP contribution in [0, 0.1) is 6.92 Å². The Bertz CT molecular complexity index is 1180. The highest BCUT2D eigenvalue weighted by Crippen LogP contribution is 2.39. The Kier molecular flexibility index (Phi) is 5.28. The number of ether oxygens (including phenoxy) is 1. The molecular weight excluding hydrogens is 425 g/mol. The first-order valence-electron chi connectivity index (χ1n) is 9.05. The van der Waals surface area contributed by atoms with E-state index in [0.717, 1.165) is 5.56 Å². The zero-order chi connectivity index (χ0) is 21.4. The smallest absolute Gasteiger partial charge is 0.323 e. The molecule has 2 N–H and O–H groups in total. The van der Waals surface area contributed by atoms with Crippen molar-refractivity contribution in [1.29, 1.82) is 0 Å². The summed E-state index contributed by atoms with van der Waals surface area (Å²) in [5.74, 6) is 0.779. The minimum Gasteiger partial charge on any atom is -0.454 e. The molecular formula is C22H17Cl2N3O3. The number of fused-ring (bicyclic) bond motifs is 2. The number of carbonyl (C=O) groups is 2. The summed E-state index contributed by atoms with van der Waals surface area (Å²) in [6.45, 7) is 1.95. The van der Waals surface area contributed by atoms with Gasteiger partial charge in [0.25, 0.3) is 5.91 Å². The Morgan fingerprint density at radius 2 is 1.57 bits per heavy atom. The lowest BCUT2D eigenvalue weighted by molar-refractivity contribution is 0.0993. The summed E-state index contributed by atoms with van der Waals surface area (Å²) in [7, 11) is 1.69. The van der Waals surface area contributed by atoms with E-state index in [9.17, 15) is 9.59 Å². The van der Waals surface area contributed by atoms with Gasteiger partial charge < -0.3 is 20.3 Å². The van der Waals surface area contributed by atoms with Crippen molar-refractivity contribution < 1.29 is 14.3 Å². The van der Waals surface area contributed by atoms with Crippen molar-refractivity contribution in [2.24, 2.45) is 0 Å². The summed E-state index contributed by atoms with van der Waals surface area (Å²) in [5.41, 5.74) is 2.98. The van der Waals surface area contributed by atoms with Gasteiger partial charge in [0.1, 0.15) is 5.75 Å². The molecule has 0 atom stereocenters. The van der Waals surface area contributed by atoms with Crippen LogP contribution < -0.4 is 20.3 Å². The van der Waals surface area contributed by atoms with Crippen LogP contribution in [0.4, 0.5) is 21.9 Å². The number of rotatable bonds is 2. The van der Waals surface area contributed by atoms with Gasteiger partial charge in [-0.2, -0.15) is 0 Å². The Morgan fingerprint density at radius 1 is 0.900 bits per heavy atom. The predicted octanol–water partition coefficient (Wildman–Crippen LogP) is 6.33. The average Bonchev–Trinajstić information content (AvgIpc) is 2.81. The van der Waals surface area contributed by atoms with Gasteiger partial charge >= 0.3 is 6.03 Å². The second-order valence-corrected chi connectivity index (χ2v) is 7.67. The van der Waals surface area contributed by atoms with Gasteiger partial charge in [-0.1, -0.05) is 29.3 Å². The number of anilines is 3. The van der Waals surface area contributed by atoms with Gasteiger partial charge in [-0.25, -0.2) is 4.79 Å². The zero-order valence-corrected chi connectivity index (χ0v) is 17.6. The molecule has 152 valence electrons. The molecule has 0 aliphatic carbocycles. The lowest BCUT2D eigenvalue weighted by Crippen LogP contribution is -2.25. The topological polar surface area (TPSA) is 70.7 Å². The Balaban J connectivity index is 1.57. The number of amides is 3. The zero-order valence-electron chi connectivity index (χ0n) is 16.1. The first-order chi connectivity index (χ1) is 14.3. The molecule has 1 heterocycles. The highest BCUT2D eigenvalue weighted by atomic mass is 35.5. The maximum Gasteiger partial charge on any atom is 0.323 e. The molecule has 0 radical (unpaired) electrons. The lowest BCUT2D eigenvalue weighted by Gasteiger charge is -2.17. The van der Waals surface area contributed by atoms with Crippen molar-refractivity contribution in [2.45, 2.75) is 6.92 Å². The lowest BCUT2D eigenvalue weighted by atomic mass is 10.1. The van der Waals surface area contributed by atoms with E-state index < -0.39 is 6.03 Å². The van der Waals surface area contributed by atoms with Crippen molar-refractivity contribution in [1.82, 2.24) is 0 Å². The monoisotopic (exact) mass is 441 g/mol. The molecule has 8 heteroatoms. The van der Waals surface area contributed by atoms with Crippen molar-refractivity contribution >= 4 is 52.2 Å². The fourth-order valence-corrected chi connectivity index (χ4v) is 3.41. The number of hydrogen-bond donors (Lipinski definition) is 2. The normalized spacial score (nSPS) is 12.4. The molecule has 1 aliphatic rings. The summed E-state index contributed by atoms with van der Waals surface area (Å²) in [6.07, 6.45) is 0. The van der Waals surface area contributed by atoms with E-state index in [-0.39, 0.29) is 5.91 Å². The van der Waals surface area contributed by atoms with Gasteiger partial charge in [-0.15, -0.1) is 0 Å². The third kappa shape index (κ3) is 3.92. The summed E-state index contributed by atoms with van der Waals surface area (Å²) in [6, 6.07) is 14.8. The van der Waals surface area contributed by atoms with Crippen molar-refractivity contribution in [3.8, 4) is 11.5 Å². The standard InChI is InChI=1S/C22H17Cl2N3O3/c1-12-3-7-20-18(9-12)27(2)21(28)15-10-13(5-8-19(15)30-20)25-22(29)26-14-4-6-16(23)17(24)11-14/h3-11H,1-2H3,(H2,25,26,29). The Labute approximate surface area is 183 Å². The summed E-state index contributed by atoms with van der Waals surface area (Å²) in [5, 5.41) is 6.11. The average molecular weight is 442 g/mol. The molecule has 0 unspecified atom stereocenters. The van der Waals surface area contributed by atoms with Gasteiger partial charge in [-0.05, 0) is 61.0 Å². The Hall–Kier alpha value is -3.22. The maximum absolute atomic E-state index is 13.0. The van der Waals surface area contributed by atoms with E-state index in [2.05, 4.69) is 10.6 Å². The van der Waals surface area contributed by atoms with E-state index in [4.69, 9.17) is 27.9 Å². The predicted molar refractivity (Wildman–Crippen MR) is 120 cm³/mol. The van der Waals surface area contributed by atoms with Crippen LogP contribution in [0.1, 0.15) is 15.9 Å². The van der Waals surface area contributed by atoms with Crippen molar-refractivity contribution in [2.75, 3.05) is 22.6 Å². The molecule has 0 fully saturated rings. The minimum atomic E-state index is -0.484. The number of nitrogens with zero attached hydrogens (tertiary/aromatic N) is 1. The molecule has 1 aliphatic heterocycles. The van der Waals surface area contributed by atoms with Gasteiger partial charge in [0, 0.05) is 18.4 Å². The number of hydrogen-bond acceptors (Lipinski definition) is 3. The second kappa shape index (κ2) is 7.89. The summed E-state index contributed by atoms with van der Waals surface area (Å²) in [4.78, 5) is 26.9. The molecule has 3 aromatic carbocycles. The van der Waals surface area contributed by atoms with Crippen LogP contribution in [-0.4, -0.2) is 19.0 Å². The van der Waals surface area contributed by atoms with E-state index in [0.29, 0.717) is 44.2 Å². The first-order valence-corrected chi connectivity index (χ1v) is 9.81. The van der Waals surface area contributed by atoms with Crippen LogP contribution in [0.25, 0.3) is 0 Å². The molecule has 30 heavy (non-hydrogen) atoms. The minimum absolute atomic E-state index is 0.233. The van der Waals surface area contributed by atoms with Crippen LogP contribution in [-0.2, 0) is 0 Å². The third-order valence-corrected chi connectivity index (χ3v) is 5.38. The quantitative estimate of drug-likeness (QED) is 0.487. The molecule has 3 amide bonds. The van der Waals surface area contributed by atoms with Crippen LogP contribution in [0.15, 0.2) is 54.6 Å². The van der Waals surface area contributed by atoms with E-state index in [1.54, 1.807) is 43.4 Å². The molecule has 4 rings (SSSR count).